The van der Waals surface area contributed by atoms with Crippen molar-refractivity contribution in [2.24, 2.45) is 0 Å². The van der Waals surface area contributed by atoms with Crippen LogP contribution in [0.4, 0.5) is 39.8 Å². The van der Waals surface area contributed by atoms with E-state index in [1.807, 2.05) is 60.8 Å². The SMILES string of the molecule is [C-]#[N+]c1ccc(N(c2ccc(C)cc2)c2ccc3c(c2)C2(c4ccccc4-c4ncccc42)c2cc(N(c4ccc(C)cc4)c4ccc(C#N)cc4)c4c(oc5ccccc54)c2-3)cc1. The number of benzene rings is 8. The molecule has 1 atom stereocenters. The molecule has 64 heavy (non-hydrogen) atoms. The summed E-state index contributed by atoms with van der Waals surface area (Å²) in [7, 11) is 0. The fourth-order valence-electron chi connectivity index (χ4n) is 10.3. The molecule has 12 rings (SSSR count). The first-order valence-electron chi connectivity index (χ1n) is 21.4. The molecule has 1 unspecified atom stereocenters. The van der Waals surface area contributed by atoms with E-state index in [9.17, 15) is 5.26 Å². The Bertz CT molecular complexity index is 3550. The summed E-state index contributed by atoms with van der Waals surface area (Å²) in [5.41, 5.74) is 18.9. The van der Waals surface area contributed by atoms with Gasteiger partial charge in [0.1, 0.15) is 11.2 Å². The second kappa shape index (κ2) is 14.2. The van der Waals surface area contributed by atoms with Crippen LogP contribution < -0.4 is 9.80 Å². The van der Waals surface area contributed by atoms with E-state index in [1.165, 1.54) is 5.56 Å². The number of hydrogen-bond donors (Lipinski definition) is 0. The van der Waals surface area contributed by atoms with E-state index in [0.29, 0.717) is 11.3 Å². The van der Waals surface area contributed by atoms with Gasteiger partial charge in [-0.1, -0.05) is 102 Å². The van der Waals surface area contributed by atoms with E-state index in [4.69, 9.17) is 16.0 Å². The fourth-order valence-corrected chi connectivity index (χ4v) is 10.3. The Hall–Kier alpha value is -8.71. The van der Waals surface area contributed by atoms with Crippen LogP contribution >= 0.6 is 0 Å². The quantitative estimate of drug-likeness (QED) is 0.156. The molecular weight excluding hydrogens is 783 g/mol. The van der Waals surface area contributed by atoms with E-state index >= 15 is 0 Å². The van der Waals surface area contributed by atoms with Crippen molar-refractivity contribution in [3.05, 3.63) is 239 Å². The number of furan rings is 1. The molecule has 2 aliphatic rings. The van der Waals surface area contributed by atoms with Crippen LogP contribution in [0.2, 0.25) is 0 Å². The highest BCUT2D eigenvalue weighted by Crippen LogP contribution is 2.65. The van der Waals surface area contributed by atoms with Crippen LogP contribution in [-0.4, -0.2) is 4.98 Å². The monoisotopic (exact) mass is 819 g/mol. The van der Waals surface area contributed by atoms with Gasteiger partial charge in [0.25, 0.3) is 0 Å². The van der Waals surface area contributed by atoms with Crippen LogP contribution in [0.1, 0.15) is 38.9 Å². The predicted molar refractivity (Wildman–Crippen MR) is 258 cm³/mol. The minimum Gasteiger partial charge on any atom is -0.455 e. The number of aromatic nitrogens is 1. The van der Waals surface area contributed by atoms with Gasteiger partial charge in [-0.25, -0.2) is 4.85 Å². The highest BCUT2D eigenvalue weighted by atomic mass is 16.3. The molecule has 8 aromatic carbocycles. The van der Waals surface area contributed by atoms with Crippen molar-refractivity contribution in [3.8, 4) is 28.5 Å². The molecule has 0 amide bonds. The molecule has 1 spiro atoms. The normalized spacial score (nSPS) is 14.1. The van der Waals surface area contributed by atoms with Gasteiger partial charge in [-0.2, -0.15) is 5.26 Å². The van der Waals surface area contributed by atoms with Crippen LogP contribution in [0.5, 0.6) is 0 Å². The van der Waals surface area contributed by atoms with E-state index in [0.717, 1.165) is 106 Å². The van der Waals surface area contributed by atoms with Crippen molar-refractivity contribution < 1.29 is 4.42 Å². The van der Waals surface area contributed by atoms with Crippen molar-refractivity contribution in [2.45, 2.75) is 19.3 Å². The molecule has 0 aliphatic heterocycles. The van der Waals surface area contributed by atoms with Gasteiger partial charge >= 0.3 is 0 Å². The average Bonchev–Trinajstić information content (AvgIpc) is 3.98. The third kappa shape index (κ3) is 5.33. The van der Waals surface area contributed by atoms with Gasteiger partial charge in [0.2, 0.25) is 0 Å². The van der Waals surface area contributed by atoms with Crippen molar-refractivity contribution in [1.82, 2.24) is 4.98 Å². The number of para-hydroxylation sites is 1. The molecule has 0 N–H and O–H groups in total. The summed E-state index contributed by atoms with van der Waals surface area (Å²) in [6, 6.07) is 65.8. The van der Waals surface area contributed by atoms with Gasteiger partial charge in [0, 0.05) is 51.1 Å². The first-order valence-corrected chi connectivity index (χ1v) is 21.4. The Labute approximate surface area is 371 Å². The van der Waals surface area contributed by atoms with E-state index < -0.39 is 5.41 Å². The number of pyridine rings is 1. The molecule has 300 valence electrons. The lowest BCUT2D eigenvalue weighted by molar-refractivity contribution is 0.669. The zero-order valence-electron chi connectivity index (χ0n) is 35.0. The van der Waals surface area contributed by atoms with Gasteiger partial charge in [-0.3, -0.25) is 4.98 Å². The number of aryl methyl sites for hydroxylation is 2. The Balaban J connectivity index is 1.22. The van der Waals surface area contributed by atoms with Crippen molar-refractivity contribution in [2.75, 3.05) is 9.80 Å². The van der Waals surface area contributed by atoms with Crippen LogP contribution in [0.3, 0.4) is 0 Å². The second-order valence-corrected chi connectivity index (χ2v) is 16.7. The van der Waals surface area contributed by atoms with E-state index in [2.05, 4.69) is 162 Å². The van der Waals surface area contributed by atoms with Crippen LogP contribution in [0.15, 0.2) is 193 Å². The van der Waals surface area contributed by atoms with E-state index in [-0.39, 0.29) is 0 Å². The molecule has 6 nitrogen and oxygen atoms in total. The topological polar surface area (TPSA) is 60.7 Å². The van der Waals surface area contributed by atoms with Crippen LogP contribution in [-0.2, 0) is 5.41 Å². The van der Waals surface area contributed by atoms with Crippen molar-refractivity contribution >= 4 is 61.8 Å². The molecule has 2 aromatic heterocycles. The molecule has 2 aliphatic carbocycles. The third-order valence-electron chi connectivity index (χ3n) is 13.1. The lowest BCUT2D eigenvalue weighted by atomic mass is 9.70. The zero-order chi connectivity index (χ0) is 43.1. The molecule has 0 bridgehead atoms. The first-order chi connectivity index (χ1) is 31.5. The highest BCUT2D eigenvalue weighted by molar-refractivity contribution is 6.19. The van der Waals surface area contributed by atoms with Gasteiger partial charge in [0.15, 0.2) is 5.69 Å². The standard InChI is InChI=1S/C58H37N5O/c1-36-14-22-40(23-15-36)62(41-28-20-39(60-3)21-29-41)44-30-31-45-50(33-44)58(48-11-6-4-9-46(48)56-49(58)12-8-32-61-56)51-34-52(55-47-10-5-7-13-53(47)64-57(55)54(45)51)63(42-24-16-37(2)17-25-42)43-26-18-38(35-59)19-27-43/h4-34H,1-2H3. The summed E-state index contributed by atoms with van der Waals surface area (Å²) < 4.78 is 7.18. The Kier molecular flexibility index (Phi) is 8.21. The number of nitrogens with zero attached hydrogens (tertiary/aromatic N) is 5. The lowest BCUT2D eigenvalue weighted by Gasteiger charge is -2.33. The van der Waals surface area contributed by atoms with Gasteiger partial charge in [-0.15, -0.1) is 0 Å². The highest BCUT2D eigenvalue weighted by Gasteiger charge is 2.54. The summed E-state index contributed by atoms with van der Waals surface area (Å²) in [6.07, 6.45) is 1.89. The van der Waals surface area contributed by atoms with Gasteiger partial charge < -0.3 is 14.2 Å². The first kappa shape index (κ1) is 37.1. The summed E-state index contributed by atoms with van der Waals surface area (Å²) in [6.45, 7) is 11.9. The molecule has 6 heteroatoms. The third-order valence-corrected chi connectivity index (χ3v) is 13.1. The maximum Gasteiger partial charge on any atom is 0.187 e. The number of fused-ring (bicyclic) bond motifs is 14. The summed E-state index contributed by atoms with van der Waals surface area (Å²) in [5.74, 6) is 0. The maximum atomic E-state index is 9.85. The molecule has 2 heterocycles. The number of anilines is 6. The average molecular weight is 820 g/mol. The molecule has 0 fully saturated rings. The number of hydrogen-bond acceptors (Lipinski definition) is 5. The van der Waals surface area contributed by atoms with Gasteiger partial charge in [-0.05, 0) is 133 Å². The second-order valence-electron chi connectivity index (χ2n) is 16.7. The number of nitriles is 1. The lowest BCUT2D eigenvalue weighted by Crippen LogP contribution is -2.26. The molecular formula is C58H37N5O. The molecule has 0 saturated carbocycles. The van der Waals surface area contributed by atoms with Crippen molar-refractivity contribution in [1.29, 1.82) is 5.26 Å². The Morgan fingerprint density at radius 3 is 1.89 bits per heavy atom. The van der Waals surface area contributed by atoms with Gasteiger partial charge in [0.05, 0.1) is 40.4 Å². The minimum absolute atomic E-state index is 0.592. The van der Waals surface area contributed by atoms with Crippen molar-refractivity contribution in [3.63, 3.8) is 0 Å². The van der Waals surface area contributed by atoms with E-state index in [1.54, 1.807) is 0 Å². The molecule has 10 aromatic rings. The fraction of sp³-hybridized carbons (Fsp3) is 0.0517. The minimum atomic E-state index is -0.792. The Morgan fingerprint density at radius 1 is 0.578 bits per heavy atom. The largest absolute Gasteiger partial charge is 0.455 e. The maximum absolute atomic E-state index is 9.85. The van der Waals surface area contributed by atoms with Crippen LogP contribution in [0.25, 0.3) is 49.2 Å². The molecule has 0 radical (unpaired) electrons. The Morgan fingerprint density at radius 2 is 1.19 bits per heavy atom. The zero-order valence-corrected chi connectivity index (χ0v) is 35.0. The summed E-state index contributed by atoms with van der Waals surface area (Å²) in [4.78, 5) is 13.4. The summed E-state index contributed by atoms with van der Waals surface area (Å²) in [5, 5.41) is 11.9. The summed E-state index contributed by atoms with van der Waals surface area (Å²) >= 11 is 0. The smallest absolute Gasteiger partial charge is 0.187 e. The number of rotatable bonds is 6. The predicted octanol–water partition coefficient (Wildman–Crippen LogP) is 15.3. The molecule has 0 saturated heterocycles. The van der Waals surface area contributed by atoms with Crippen LogP contribution in [0, 0.1) is 31.8 Å².